The van der Waals surface area contributed by atoms with Gasteiger partial charge in [-0.05, 0) is 44.5 Å². The first-order valence-corrected chi connectivity index (χ1v) is 10.7. The normalized spacial score (nSPS) is 16.2. The molecule has 0 saturated carbocycles. The van der Waals surface area contributed by atoms with Crippen LogP contribution in [-0.4, -0.2) is 46.2 Å². The van der Waals surface area contributed by atoms with Gasteiger partial charge >= 0.3 is 6.09 Å². The average Bonchev–Trinajstić information content (AvgIpc) is 3.25. The highest BCUT2D eigenvalue weighted by atomic mass is 16.6. The zero-order valence-corrected chi connectivity index (χ0v) is 18.8. The van der Waals surface area contributed by atoms with E-state index >= 15 is 0 Å². The van der Waals surface area contributed by atoms with Crippen LogP contribution >= 0.6 is 0 Å². The van der Waals surface area contributed by atoms with Crippen molar-refractivity contribution >= 4 is 6.09 Å². The Bertz CT molecular complexity index is 1110. The second-order valence-corrected chi connectivity index (χ2v) is 8.73. The molecule has 33 heavy (non-hydrogen) atoms. The first-order valence-electron chi connectivity index (χ1n) is 10.7. The lowest BCUT2D eigenvalue weighted by atomic mass is 10.1. The quantitative estimate of drug-likeness (QED) is 0.581. The van der Waals surface area contributed by atoms with Gasteiger partial charge in [0.25, 0.3) is 0 Å². The zero-order valence-electron chi connectivity index (χ0n) is 18.8. The maximum absolute atomic E-state index is 12.0. The summed E-state index contributed by atoms with van der Waals surface area (Å²) in [6.45, 7) is 5.39. The maximum Gasteiger partial charge on any atom is 0.407 e. The molecule has 0 aliphatic carbocycles. The van der Waals surface area contributed by atoms with E-state index in [4.69, 9.17) is 18.7 Å². The van der Waals surface area contributed by atoms with Gasteiger partial charge in [-0.3, -0.25) is 0 Å². The van der Waals surface area contributed by atoms with Gasteiger partial charge in [0.15, 0.2) is 17.6 Å². The third-order valence-electron chi connectivity index (χ3n) is 4.86. The number of aliphatic hydroxyl groups excluding tert-OH is 1. The molecule has 2 heterocycles. The summed E-state index contributed by atoms with van der Waals surface area (Å²) >= 11 is 0. The summed E-state index contributed by atoms with van der Waals surface area (Å²) in [6.07, 6.45) is -0.716. The molecule has 1 aliphatic heterocycles. The Morgan fingerprint density at radius 2 is 2.00 bits per heavy atom. The molecule has 2 atom stereocenters. The number of ether oxygens (including phenoxy) is 3. The van der Waals surface area contributed by atoms with E-state index < -0.39 is 17.7 Å². The minimum atomic E-state index is -0.637. The van der Waals surface area contributed by atoms with Crippen molar-refractivity contribution in [3.05, 3.63) is 60.0 Å². The van der Waals surface area contributed by atoms with Crippen LogP contribution in [0.5, 0.6) is 11.5 Å². The molecule has 174 valence electrons. The molecule has 0 radical (unpaired) electrons. The molecule has 0 unspecified atom stereocenters. The van der Waals surface area contributed by atoms with Crippen LogP contribution in [0.1, 0.15) is 38.3 Å². The summed E-state index contributed by atoms with van der Waals surface area (Å²) in [7, 11) is 0. The van der Waals surface area contributed by atoms with Crippen LogP contribution in [0.3, 0.4) is 0 Å². The lowest BCUT2D eigenvalue weighted by Crippen LogP contribution is -2.42. The number of amides is 1. The highest BCUT2D eigenvalue weighted by Crippen LogP contribution is 2.36. The summed E-state index contributed by atoms with van der Waals surface area (Å²) < 4.78 is 22.5. The van der Waals surface area contributed by atoms with Gasteiger partial charge < -0.3 is 29.2 Å². The van der Waals surface area contributed by atoms with Gasteiger partial charge in [0.05, 0.1) is 12.6 Å². The maximum atomic E-state index is 12.0. The molecule has 0 bridgehead atoms. The standard InChI is InChI=1S/C24H27N3O6/c1-24(2,3)32-23(29)25-17(13-28)12-21-26-22(27-33-21)16-8-6-7-15(11-16)20-14-30-18-9-4-5-10-19(18)31-20/h4-11,17,20,28H,12-14H2,1-3H3,(H,25,29)/t17-,20-/m0/s1. The fourth-order valence-corrected chi connectivity index (χ4v) is 3.36. The van der Waals surface area contributed by atoms with E-state index in [1.807, 2.05) is 48.5 Å². The van der Waals surface area contributed by atoms with Crippen molar-refractivity contribution in [2.24, 2.45) is 0 Å². The summed E-state index contributed by atoms with van der Waals surface area (Å²) in [4.78, 5) is 16.4. The third kappa shape index (κ3) is 5.81. The first-order chi connectivity index (χ1) is 15.8. The predicted octanol–water partition coefficient (Wildman–Crippen LogP) is 3.68. The summed E-state index contributed by atoms with van der Waals surface area (Å²) in [5.41, 5.74) is 1.04. The Balaban J connectivity index is 1.43. The number of aromatic nitrogens is 2. The number of nitrogens with one attached hydrogen (secondary N) is 1. The average molecular weight is 453 g/mol. The smallest absolute Gasteiger partial charge is 0.407 e. The van der Waals surface area contributed by atoms with Crippen LogP contribution in [-0.2, 0) is 11.2 Å². The number of carbonyl (C=O) groups is 1. The molecule has 0 fully saturated rings. The summed E-state index contributed by atoms with van der Waals surface area (Å²) in [5.74, 6) is 2.12. The number of nitrogens with zero attached hydrogens (tertiary/aromatic N) is 2. The highest BCUT2D eigenvalue weighted by Gasteiger charge is 2.24. The number of rotatable bonds is 6. The lowest BCUT2D eigenvalue weighted by Gasteiger charge is -2.26. The van der Waals surface area contributed by atoms with Gasteiger partial charge in [0, 0.05) is 12.0 Å². The summed E-state index contributed by atoms with van der Waals surface area (Å²) in [5, 5.41) is 16.3. The lowest BCUT2D eigenvalue weighted by molar-refractivity contribution is 0.0480. The van der Waals surface area contributed by atoms with Crippen molar-refractivity contribution in [3.8, 4) is 22.9 Å². The van der Waals surface area contributed by atoms with Crippen molar-refractivity contribution in [1.82, 2.24) is 15.5 Å². The molecule has 0 saturated heterocycles. The van der Waals surface area contributed by atoms with Crippen molar-refractivity contribution in [2.45, 2.75) is 44.9 Å². The van der Waals surface area contributed by atoms with Gasteiger partial charge in [-0.1, -0.05) is 35.5 Å². The predicted molar refractivity (Wildman–Crippen MR) is 119 cm³/mol. The molecule has 2 aromatic carbocycles. The van der Waals surface area contributed by atoms with Crippen molar-refractivity contribution in [3.63, 3.8) is 0 Å². The molecule has 1 aromatic heterocycles. The van der Waals surface area contributed by atoms with Crippen molar-refractivity contribution in [2.75, 3.05) is 13.2 Å². The molecule has 1 aliphatic rings. The third-order valence-corrected chi connectivity index (χ3v) is 4.86. The highest BCUT2D eigenvalue weighted by molar-refractivity contribution is 5.68. The topological polar surface area (TPSA) is 116 Å². The van der Waals surface area contributed by atoms with Crippen molar-refractivity contribution < 1.29 is 28.6 Å². The molecule has 9 heteroatoms. The van der Waals surface area contributed by atoms with Gasteiger partial charge in [0.1, 0.15) is 12.2 Å². The van der Waals surface area contributed by atoms with E-state index in [-0.39, 0.29) is 25.0 Å². The number of hydrogen-bond acceptors (Lipinski definition) is 8. The molecular weight excluding hydrogens is 426 g/mol. The van der Waals surface area contributed by atoms with Crippen LogP contribution in [0.15, 0.2) is 53.1 Å². The van der Waals surface area contributed by atoms with E-state index in [0.29, 0.717) is 18.2 Å². The van der Waals surface area contributed by atoms with E-state index in [9.17, 15) is 9.90 Å². The molecule has 2 N–H and O–H groups in total. The number of fused-ring (bicyclic) bond motifs is 1. The molecule has 4 rings (SSSR count). The van der Waals surface area contributed by atoms with Gasteiger partial charge in [-0.2, -0.15) is 4.98 Å². The second-order valence-electron chi connectivity index (χ2n) is 8.73. The number of aliphatic hydroxyl groups is 1. The zero-order chi connectivity index (χ0) is 23.4. The molecule has 9 nitrogen and oxygen atoms in total. The summed E-state index contributed by atoms with van der Waals surface area (Å²) in [6, 6.07) is 14.6. The minimum absolute atomic E-state index is 0.165. The first kappa shape index (κ1) is 22.6. The largest absolute Gasteiger partial charge is 0.485 e. The van der Waals surface area contributed by atoms with Crippen LogP contribution in [0.4, 0.5) is 4.79 Å². The second kappa shape index (κ2) is 9.50. The van der Waals surface area contributed by atoms with Crippen LogP contribution in [0.25, 0.3) is 11.4 Å². The molecule has 3 aromatic rings. The van der Waals surface area contributed by atoms with E-state index in [0.717, 1.165) is 16.9 Å². The van der Waals surface area contributed by atoms with Crippen LogP contribution < -0.4 is 14.8 Å². The number of benzene rings is 2. The number of hydrogen-bond donors (Lipinski definition) is 2. The Morgan fingerprint density at radius 3 is 2.76 bits per heavy atom. The van der Waals surface area contributed by atoms with Gasteiger partial charge in [0.2, 0.25) is 11.7 Å². The fourth-order valence-electron chi connectivity index (χ4n) is 3.36. The number of alkyl carbamates (subject to hydrolysis) is 1. The van der Waals surface area contributed by atoms with Crippen molar-refractivity contribution in [1.29, 1.82) is 0 Å². The van der Waals surface area contributed by atoms with E-state index in [1.54, 1.807) is 20.8 Å². The Kier molecular flexibility index (Phi) is 6.50. The Hall–Kier alpha value is -3.59. The molecular formula is C24H27N3O6. The number of para-hydroxylation sites is 2. The Morgan fingerprint density at radius 1 is 1.21 bits per heavy atom. The van der Waals surface area contributed by atoms with Crippen LogP contribution in [0.2, 0.25) is 0 Å². The van der Waals surface area contributed by atoms with Gasteiger partial charge in [-0.25, -0.2) is 4.79 Å². The monoisotopic (exact) mass is 453 g/mol. The fraction of sp³-hybridized carbons (Fsp3) is 0.375. The minimum Gasteiger partial charge on any atom is -0.485 e. The van der Waals surface area contributed by atoms with E-state index in [2.05, 4.69) is 15.5 Å². The van der Waals surface area contributed by atoms with Gasteiger partial charge in [-0.15, -0.1) is 0 Å². The van der Waals surface area contributed by atoms with Crippen LogP contribution in [0, 0.1) is 0 Å². The molecule has 0 spiro atoms. The van der Waals surface area contributed by atoms with E-state index in [1.165, 1.54) is 0 Å². The SMILES string of the molecule is CC(C)(C)OC(=O)N[C@H](CO)Cc1nc(-c2cccc([C@@H]3COc4ccccc4O3)c2)no1. The molecule has 1 amide bonds. The Labute approximate surface area is 191 Å². The number of carbonyl (C=O) groups excluding carboxylic acids is 1.